The summed E-state index contributed by atoms with van der Waals surface area (Å²) in [5.41, 5.74) is 5.03. The Morgan fingerprint density at radius 3 is 2.50 bits per heavy atom. The van der Waals surface area contributed by atoms with Crippen LogP contribution in [0.5, 0.6) is 0 Å². The first-order chi connectivity index (χ1) is 9.47. The van der Waals surface area contributed by atoms with Crippen molar-refractivity contribution in [1.29, 1.82) is 0 Å². The lowest BCUT2D eigenvalue weighted by molar-refractivity contribution is 0.819. The zero-order chi connectivity index (χ0) is 14.7. The molecule has 0 spiro atoms. The predicted molar refractivity (Wildman–Crippen MR) is 104 cm³/mol. The van der Waals surface area contributed by atoms with E-state index in [0.717, 1.165) is 0 Å². The maximum absolute atomic E-state index is 4.72. The molecule has 0 N–H and O–H groups in total. The summed E-state index contributed by atoms with van der Waals surface area (Å²) in [4.78, 5) is 4.72. The van der Waals surface area contributed by atoms with Gasteiger partial charge in [-0.05, 0) is 94.8 Å². The van der Waals surface area contributed by atoms with Crippen LogP contribution in [0.2, 0.25) is 0 Å². The molecule has 1 atom stereocenters. The second-order valence-electron chi connectivity index (χ2n) is 4.98. The Morgan fingerprint density at radius 1 is 1.05 bits per heavy atom. The molecule has 1 nitrogen and oxygen atoms in total. The van der Waals surface area contributed by atoms with E-state index in [-0.39, 0.29) is 6.04 Å². The van der Waals surface area contributed by atoms with Gasteiger partial charge in [0.2, 0.25) is 0 Å². The molecule has 1 unspecified atom stereocenters. The first-order valence-corrected chi connectivity index (χ1v) is 8.68. The average Bonchev–Trinajstić information content (AvgIpc) is 2.39. The SMILES string of the molecule is Cc1ccc(C)c(C=NC(C)c2ccc(I)cc2I)c1. The summed E-state index contributed by atoms with van der Waals surface area (Å²) < 4.78 is 2.54. The lowest BCUT2D eigenvalue weighted by atomic mass is 10.1. The quantitative estimate of drug-likeness (QED) is 0.388. The highest BCUT2D eigenvalue weighted by atomic mass is 127. The van der Waals surface area contributed by atoms with Gasteiger partial charge in [-0.25, -0.2) is 0 Å². The van der Waals surface area contributed by atoms with Crippen LogP contribution in [0.3, 0.4) is 0 Å². The molecule has 0 aromatic heterocycles. The van der Waals surface area contributed by atoms with Crippen molar-refractivity contribution in [2.24, 2.45) is 4.99 Å². The Morgan fingerprint density at radius 2 is 1.80 bits per heavy atom. The number of aliphatic imine (C=N–C) groups is 1. The summed E-state index contributed by atoms with van der Waals surface area (Å²) in [5.74, 6) is 0. The van der Waals surface area contributed by atoms with Crippen molar-refractivity contribution >= 4 is 51.4 Å². The summed E-state index contributed by atoms with van der Waals surface area (Å²) in [6.45, 7) is 6.38. The molecule has 2 rings (SSSR count). The van der Waals surface area contributed by atoms with Gasteiger partial charge < -0.3 is 0 Å². The zero-order valence-corrected chi connectivity index (χ0v) is 16.1. The fourth-order valence-corrected chi connectivity index (χ4v) is 4.06. The maximum Gasteiger partial charge on any atom is 0.0731 e. The molecule has 0 aliphatic heterocycles. The molecule has 104 valence electrons. The minimum absolute atomic E-state index is 0.179. The fourth-order valence-electron chi connectivity index (χ4n) is 2.01. The van der Waals surface area contributed by atoms with Crippen molar-refractivity contribution in [2.75, 3.05) is 0 Å². The van der Waals surface area contributed by atoms with Crippen LogP contribution >= 0.6 is 45.2 Å². The number of halogens is 2. The van der Waals surface area contributed by atoms with E-state index in [9.17, 15) is 0 Å². The number of aryl methyl sites for hydroxylation is 2. The number of hydrogen-bond acceptors (Lipinski definition) is 1. The van der Waals surface area contributed by atoms with Crippen molar-refractivity contribution in [1.82, 2.24) is 0 Å². The zero-order valence-electron chi connectivity index (χ0n) is 11.8. The summed E-state index contributed by atoms with van der Waals surface area (Å²) >= 11 is 4.73. The minimum Gasteiger partial charge on any atom is -0.285 e. The van der Waals surface area contributed by atoms with Crippen LogP contribution in [0, 0.1) is 21.0 Å². The van der Waals surface area contributed by atoms with Crippen LogP contribution in [0.25, 0.3) is 0 Å². The number of nitrogens with zero attached hydrogens (tertiary/aromatic N) is 1. The molecular weight excluding hydrogens is 472 g/mol. The third kappa shape index (κ3) is 4.04. The Labute approximate surface area is 148 Å². The Hall–Kier alpha value is -0.430. The van der Waals surface area contributed by atoms with Crippen LogP contribution in [-0.4, -0.2) is 6.21 Å². The summed E-state index contributed by atoms with van der Waals surface area (Å²) in [5, 5.41) is 0. The van der Waals surface area contributed by atoms with Gasteiger partial charge in [0.15, 0.2) is 0 Å². The number of rotatable bonds is 3. The van der Waals surface area contributed by atoms with E-state index < -0.39 is 0 Å². The number of benzene rings is 2. The first-order valence-electron chi connectivity index (χ1n) is 6.53. The molecule has 3 heteroatoms. The topological polar surface area (TPSA) is 12.4 Å². The molecule has 0 heterocycles. The van der Waals surface area contributed by atoms with Gasteiger partial charge in [-0.2, -0.15) is 0 Å². The van der Waals surface area contributed by atoms with Gasteiger partial charge in [0.1, 0.15) is 0 Å². The van der Waals surface area contributed by atoms with E-state index in [1.54, 1.807) is 0 Å². The van der Waals surface area contributed by atoms with Crippen molar-refractivity contribution in [3.8, 4) is 0 Å². The highest BCUT2D eigenvalue weighted by Gasteiger charge is 2.07. The Kier molecular flexibility index (Phi) is 5.60. The monoisotopic (exact) mass is 489 g/mol. The maximum atomic E-state index is 4.72. The van der Waals surface area contributed by atoms with Crippen molar-refractivity contribution in [2.45, 2.75) is 26.8 Å². The second-order valence-corrected chi connectivity index (χ2v) is 7.39. The van der Waals surface area contributed by atoms with Gasteiger partial charge >= 0.3 is 0 Å². The normalized spacial score (nSPS) is 12.8. The molecule has 2 aromatic carbocycles. The molecule has 0 saturated carbocycles. The van der Waals surface area contributed by atoms with Gasteiger partial charge in [-0.3, -0.25) is 4.99 Å². The molecule has 0 amide bonds. The number of hydrogen-bond donors (Lipinski definition) is 0. The summed E-state index contributed by atoms with van der Waals surface area (Å²) in [6.07, 6.45) is 2.00. The molecule has 0 fully saturated rings. The second kappa shape index (κ2) is 7.02. The standard InChI is InChI=1S/C17H17I2N/c1-11-4-5-12(2)14(8-11)10-20-13(3)16-7-6-15(18)9-17(16)19/h4-10,13H,1-3H3. The lowest BCUT2D eigenvalue weighted by Crippen LogP contribution is -1.96. The predicted octanol–water partition coefficient (Wildman–Crippen LogP) is 5.69. The van der Waals surface area contributed by atoms with Gasteiger partial charge in [0, 0.05) is 13.4 Å². The van der Waals surface area contributed by atoms with Crippen molar-refractivity contribution < 1.29 is 0 Å². The molecule has 0 radical (unpaired) electrons. The smallest absolute Gasteiger partial charge is 0.0731 e. The van der Waals surface area contributed by atoms with Crippen LogP contribution in [-0.2, 0) is 0 Å². The highest BCUT2D eigenvalue weighted by Crippen LogP contribution is 2.24. The van der Waals surface area contributed by atoms with Gasteiger partial charge in [0.25, 0.3) is 0 Å². The van der Waals surface area contributed by atoms with E-state index in [1.165, 1.54) is 29.4 Å². The van der Waals surface area contributed by atoms with E-state index in [2.05, 4.69) is 102 Å². The van der Waals surface area contributed by atoms with Crippen LogP contribution in [0.1, 0.15) is 35.2 Å². The summed E-state index contributed by atoms with van der Waals surface area (Å²) in [6, 6.07) is 13.2. The molecule has 2 aromatic rings. The minimum atomic E-state index is 0.179. The molecule has 0 aliphatic carbocycles. The first kappa shape index (κ1) is 15.9. The third-order valence-electron chi connectivity index (χ3n) is 3.28. The molecule has 20 heavy (non-hydrogen) atoms. The van der Waals surface area contributed by atoms with E-state index >= 15 is 0 Å². The third-order valence-corrected chi connectivity index (χ3v) is 4.89. The van der Waals surface area contributed by atoms with Gasteiger partial charge in [-0.15, -0.1) is 0 Å². The lowest BCUT2D eigenvalue weighted by Gasteiger charge is -2.10. The Balaban J connectivity index is 2.24. The summed E-state index contributed by atoms with van der Waals surface area (Å²) in [7, 11) is 0. The van der Waals surface area contributed by atoms with Gasteiger partial charge in [-0.1, -0.05) is 29.8 Å². The molecular formula is C17H17I2N. The molecule has 0 saturated heterocycles. The average molecular weight is 489 g/mol. The molecule has 0 bridgehead atoms. The van der Waals surface area contributed by atoms with Crippen LogP contribution in [0.15, 0.2) is 41.4 Å². The highest BCUT2D eigenvalue weighted by molar-refractivity contribution is 14.1. The largest absolute Gasteiger partial charge is 0.285 e. The van der Waals surface area contributed by atoms with Gasteiger partial charge in [0.05, 0.1) is 6.04 Å². The van der Waals surface area contributed by atoms with E-state index in [4.69, 9.17) is 4.99 Å². The van der Waals surface area contributed by atoms with E-state index in [1.807, 2.05) is 6.21 Å². The van der Waals surface area contributed by atoms with Crippen LogP contribution in [0.4, 0.5) is 0 Å². The molecule has 0 aliphatic rings. The van der Waals surface area contributed by atoms with Crippen molar-refractivity contribution in [3.63, 3.8) is 0 Å². The Bertz CT molecular complexity index is 647. The van der Waals surface area contributed by atoms with Crippen LogP contribution < -0.4 is 0 Å². The van der Waals surface area contributed by atoms with Crippen molar-refractivity contribution in [3.05, 3.63) is 65.8 Å². The van der Waals surface area contributed by atoms with E-state index in [0.29, 0.717) is 0 Å². The fraction of sp³-hybridized carbons (Fsp3) is 0.235.